The Morgan fingerprint density at radius 1 is 0.905 bits per heavy atom. The first-order valence-corrected chi connectivity index (χ1v) is 9.51. The molecule has 0 atom stereocenters. The topological polar surface area (TPSA) is 21.3 Å². The molecule has 1 rings (SSSR count). The predicted octanol–water partition coefficient (Wildman–Crippen LogP) is 5.66. The second-order valence-corrected chi connectivity index (χ2v) is 7.35. The molecule has 126 valence electrons. The van der Waals surface area contributed by atoms with Gasteiger partial charge in [-0.1, -0.05) is 64.7 Å². The fourth-order valence-electron chi connectivity index (χ4n) is 3.43. The van der Waals surface area contributed by atoms with E-state index in [-0.39, 0.29) is 5.60 Å². The second-order valence-electron chi connectivity index (χ2n) is 7.35. The molecule has 0 amide bonds. The zero-order chi connectivity index (χ0) is 15.4. The Hall–Kier alpha value is -0.0800. The minimum absolute atomic E-state index is 0.0492. The predicted molar refractivity (Wildman–Crippen MR) is 92.6 cm³/mol. The first kappa shape index (κ1) is 19.0. The van der Waals surface area contributed by atoms with Crippen LogP contribution in [0.3, 0.4) is 0 Å². The molecule has 1 N–H and O–H groups in total. The first-order chi connectivity index (χ1) is 10.2. The zero-order valence-electron chi connectivity index (χ0n) is 14.9. The van der Waals surface area contributed by atoms with E-state index >= 15 is 0 Å². The molecule has 0 unspecified atom stereocenters. The molecule has 0 aromatic heterocycles. The van der Waals surface area contributed by atoms with Crippen molar-refractivity contribution in [1.82, 2.24) is 5.32 Å². The molecule has 0 radical (unpaired) electrons. The highest BCUT2D eigenvalue weighted by molar-refractivity contribution is 4.81. The molecular weight excluding hydrogens is 258 g/mol. The third-order valence-corrected chi connectivity index (χ3v) is 5.09. The molecule has 1 saturated carbocycles. The SMILES string of the molecule is CCCCCCCCCNCOC(C)(C)C1CCCCC1. The lowest BCUT2D eigenvalue weighted by Gasteiger charge is -2.37. The summed E-state index contributed by atoms with van der Waals surface area (Å²) in [5.74, 6) is 0.756. The van der Waals surface area contributed by atoms with Crippen molar-refractivity contribution < 1.29 is 4.74 Å². The van der Waals surface area contributed by atoms with Gasteiger partial charge in [0.1, 0.15) is 0 Å². The van der Waals surface area contributed by atoms with E-state index in [1.165, 1.54) is 77.0 Å². The summed E-state index contributed by atoms with van der Waals surface area (Å²) in [6.45, 7) is 8.66. The Labute approximate surface area is 133 Å². The highest BCUT2D eigenvalue weighted by Gasteiger charge is 2.31. The smallest absolute Gasteiger partial charge is 0.0972 e. The summed E-state index contributed by atoms with van der Waals surface area (Å²) >= 11 is 0. The van der Waals surface area contributed by atoms with Crippen LogP contribution in [0.25, 0.3) is 0 Å². The maximum absolute atomic E-state index is 6.12. The van der Waals surface area contributed by atoms with Crippen LogP contribution in [0.2, 0.25) is 0 Å². The highest BCUT2D eigenvalue weighted by Crippen LogP contribution is 2.34. The molecule has 0 heterocycles. The molecule has 2 nitrogen and oxygen atoms in total. The molecular formula is C19H39NO. The Kier molecular flexibility index (Phi) is 10.4. The lowest BCUT2D eigenvalue weighted by molar-refractivity contribution is -0.0770. The van der Waals surface area contributed by atoms with Crippen LogP contribution < -0.4 is 5.32 Å². The van der Waals surface area contributed by atoms with Gasteiger partial charge in [-0.2, -0.15) is 0 Å². The molecule has 21 heavy (non-hydrogen) atoms. The summed E-state index contributed by atoms with van der Waals surface area (Å²) in [6.07, 6.45) is 16.5. The highest BCUT2D eigenvalue weighted by atomic mass is 16.5. The van der Waals surface area contributed by atoms with Gasteiger partial charge in [0.15, 0.2) is 0 Å². The summed E-state index contributed by atoms with van der Waals surface area (Å²) in [5.41, 5.74) is 0.0492. The van der Waals surface area contributed by atoms with Crippen molar-refractivity contribution in [1.29, 1.82) is 0 Å². The Morgan fingerprint density at radius 2 is 1.52 bits per heavy atom. The van der Waals surface area contributed by atoms with Crippen LogP contribution in [0.15, 0.2) is 0 Å². The van der Waals surface area contributed by atoms with Crippen molar-refractivity contribution in [3.8, 4) is 0 Å². The first-order valence-electron chi connectivity index (χ1n) is 9.51. The lowest BCUT2D eigenvalue weighted by atomic mass is 9.79. The van der Waals surface area contributed by atoms with Gasteiger partial charge in [-0.05, 0) is 45.6 Å². The van der Waals surface area contributed by atoms with Crippen molar-refractivity contribution in [2.75, 3.05) is 13.3 Å². The van der Waals surface area contributed by atoms with Crippen molar-refractivity contribution >= 4 is 0 Å². The summed E-state index contributed by atoms with van der Waals surface area (Å²) in [5, 5.41) is 3.46. The van der Waals surface area contributed by atoms with Crippen molar-refractivity contribution in [3.63, 3.8) is 0 Å². The Bertz CT molecular complexity index is 234. The van der Waals surface area contributed by atoms with E-state index in [1.807, 2.05) is 0 Å². The summed E-state index contributed by atoms with van der Waals surface area (Å²) in [7, 11) is 0. The summed E-state index contributed by atoms with van der Waals surface area (Å²) < 4.78 is 6.12. The number of hydrogen-bond acceptors (Lipinski definition) is 2. The van der Waals surface area contributed by atoms with E-state index in [9.17, 15) is 0 Å². The summed E-state index contributed by atoms with van der Waals surface area (Å²) in [4.78, 5) is 0. The minimum Gasteiger partial charge on any atom is -0.360 e. The summed E-state index contributed by atoms with van der Waals surface area (Å²) in [6, 6.07) is 0. The molecule has 0 bridgehead atoms. The molecule has 1 fully saturated rings. The Balaban J connectivity index is 1.93. The number of nitrogens with one attached hydrogen (secondary N) is 1. The van der Waals surface area contributed by atoms with Gasteiger partial charge in [0.05, 0.1) is 12.3 Å². The average molecular weight is 298 g/mol. The Morgan fingerprint density at radius 3 is 2.19 bits per heavy atom. The van der Waals surface area contributed by atoms with Gasteiger partial charge in [0, 0.05) is 0 Å². The molecule has 1 aliphatic rings. The van der Waals surface area contributed by atoms with Crippen LogP contribution in [0.1, 0.15) is 97.8 Å². The van der Waals surface area contributed by atoms with E-state index in [0.717, 1.165) is 19.2 Å². The van der Waals surface area contributed by atoms with Crippen LogP contribution >= 0.6 is 0 Å². The van der Waals surface area contributed by atoms with Crippen LogP contribution in [-0.4, -0.2) is 18.9 Å². The van der Waals surface area contributed by atoms with Crippen molar-refractivity contribution in [2.45, 2.75) is 103 Å². The number of hydrogen-bond donors (Lipinski definition) is 1. The van der Waals surface area contributed by atoms with Crippen molar-refractivity contribution in [2.24, 2.45) is 5.92 Å². The average Bonchev–Trinajstić information content (AvgIpc) is 2.50. The van der Waals surface area contributed by atoms with E-state index in [1.54, 1.807) is 0 Å². The van der Waals surface area contributed by atoms with E-state index in [0.29, 0.717) is 0 Å². The van der Waals surface area contributed by atoms with Gasteiger partial charge in [0.2, 0.25) is 0 Å². The standard InChI is InChI=1S/C19H39NO/c1-4-5-6-7-8-9-13-16-20-17-21-19(2,3)18-14-11-10-12-15-18/h18,20H,4-17H2,1-3H3. The normalized spacial score (nSPS) is 17.3. The fraction of sp³-hybridized carbons (Fsp3) is 1.00. The van der Waals surface area contributed by atoms with Crippen molar-refractivity contribution in [3.05, 3.63) is 0 Å². The third kappa shape index (κ3) is 8.83. The van der Waals surface area contributed by atoms with E-state index < -0.39 is 0 Å². The molecule has 0 spiro atoms. The maximum atomic E-state index is 6.12. The minimum atomic E-state index is 0.0492. The monoisotopic (exact) mass is 297 g/mol. The van der Waals surface area contributed by atoms with Gasteiger partial charge < -0.3 is 4.74 Å². The molecule has 0 aromatic rings. The molecule has 1 aliphatic carbocycles. The van der Waals surface area contributed by atoms with Crippen LogP contribution in [-0.2, 0) is 4.74 Å². The fourth-order valence-corrected chi connectivity index (χ4v) is 3.43. The number of rotatable bonds is 12. The van der Waals surface area contributed by atoms with Gasteiger partial charge in [-0.3, -0.25) is 5.32 Å². The van der Waals surface area contributed by atoms with Gasteiger partial charge in [-0.15, -0.1) is 0 Å². The molecule has 0 saturated heterocycles. The quantitative estimate of drug-likeness (QED) is 0.371. The van der Waals surface area contributed by atoms with E-state index in [2.05, 4.69) is 26.1 Å². The number of unbranched alkanes of at least 4 members (excludes halogenated alkanes) is 6. The van der Waals surface area contributed by atoms with Gasteiger partial charge in [0.25, 0.3) is 0 Å². The third-order valence-electron chi connectivity index (χ3n) is 5.09. The van der Waals surface area contributed by atoms with Crippen LogP contribution in [0.4, 0.5) is 0 Å². The van der Waals surface area contributed by atoms with Gasteiger partial charge in [-0.25, -0.2) is 0 Å². The van der Waals surface area contributed by atoms with E-state index in [4.69, 9.17) is 4.74 Å². The van der Waals surface area contributed by atoms with Crippen LogP contribution in [0.5, 0.6) is 0 Å². The largest absolute Gasteiger partial charge is 0.360 e. The molecule has 2 heteroatoms. The zero-order valence-corrected chi connectivity index (χ0v) is 14.9. The molecule has 0 aliphatic heterocycles. The maximum Gasteiger partial charge on any atom is 0.0972 e. The lowest BCUT2D eigenvalue weighted by Crippen LogP contribution is -2.38. The van der Waals surface area contributed by atoms with Crippen LogP contribution in [0, 0.1) is 5.92 Å². The van der Waals surface area contributed by atoms with Gasteiger partial charge >= 0.3 is 0 Å². The number of ether oxygens (including phenoxy) is 1. The molecule has 0 aromatic carbocycles. The second kappa shape index (κ2) is 11.5.